The summed E-state index contributed by atoms with van der Waals surface area (Å²) in [5.74, 6) is 2.11. The van der Waals surface area contributed by atoms with E-state index in [0.29, 0.717) is 0 Å². The van der Waals surface area contributed by atoms with E-state index in [1.54, 1.807) is 0 Å². The summed E-state index contributed by atoms with van der Waals surface area (Å²) in [4.78, 5) is 2.85. The number of rotatable bonds is 5. The van der Waals surface area contributed by atoms with Crippen LogP contribution in [0.5, 0.6) is 0 Å². The fourth-order valence-electron chi connectivity index (χ4n) is 3.99. The number of nitrogens with one attached hydrogen (secondary N) is 1. The first-order valence-electron chi connectivity index (χ1n) is 8.37. The Balaban J connectivity index is 1.36. The normalized spacial score (nSPS) is 38.7. The van der Waals surface area contributed by atoms with Crippen LogP contribution < -0.4 is 5.32 Å². The summed E-state index contributed by atoms with van der Waals surface area (Å²) >= 11 is 0. The van der Waals surface area contributed by atoms with E-state index < -0.39 is 0 Å². The fourth-order valence-corrected chi connectivity index (χ4v) is 3.99. The number of hydrogen-bond acceptors (Lipinski definition) is 2. The second-order valence-electron chi connectivity index (χ2n) is 7.46. The third-order valence-electron chi connectivity index (χ3n) is 5.57. The smallest absolute Gasteiger partial charge is 0.0200 e. The molecule has 0 bridgehead atoms. The lowest BCUT2D eigenvalue weighted by molar-refractivity contribution is 0.0542. The SMILES string of the molecule is C1CC(N2CC(CC3CC3)CC(NC3CC3)C2)C1. The molecule has 2 heteroatoms. The number of likely N-dealkylation sites (tertiary alicyclic amines) is 1. The Morgan fingerprint density at radius 2 is 1.67 bits per heavy atom. The molecule has 0 aromatic rings. The van der Waals surface area contributed by atoms with Crippen LogP contribution in [0, 0.1) is 11.8 Å². The molecule has 1 heterocycles. The molecule has 1 saturated heterocycles. The lowest BCUT2D eigenvalue weighted by Gasteiger charge is -2.45. The molecule has 0 aromatic heterocycles. The van der Waals surface area contributed by atoms with Crippen molar-refractivity contribution in [3.63, 3.8) is 0 Å². The van der Waals surface area contributed by atoms with E-state index in [-0.39, 0.29) is 0 Å². The molecule has 2 atom stereocenters. The van der Waals surface area contributed by atoms with E-state index in [0.717, 1.165) is 30.0 Å². The first-order chi connectivity index (χ1) is 8.87. The van der Waals surface area contributed by atoms with Crippen molar-refractivity contribution in [3.8, 4) is 0 Å². The van der Waals surface area contributed by atoms with Crippen LogP contribution in [0.25, 0.3) is 0 Å². The van der Waals surface area contributed by atoms with Gasteiger partial charge in [-0.05, 0) is 50.4 Å². The lowest BCUT2D eigenvalue weighted by atomic mass is 9.84. The summed E-state index contributed by atoms with van der Waals surface area (Å²) < 4.78 is 0. The molecular formula is C16H28N2. The third-order valence-corrected chi connectivity index (χ3v) is 5.57. The van der Waals surface area contributed by atoms with Gasteiger partial charge < -0.3 is 5.32 Å². The fraction of sp³-hybridized carbons (Fsp3) is 1.00. The van der Waals surface area contributed by atoms with Crippen molar-refractivity contribution in [1.82, 2.24) is 10.2 Å². The maximum absolute atomic E-state index is 3.91. The van der Waals surface area contributed by atoms with Crippen LogP contribution in [-0.2, 0) is 0 Å². The molecule has 1 N–H and O–H groups in total. The third kappa shape index (κ3) is 2.75. The molecule has 3 saturated carbocycles. The van der Waals surface area contributed by atoms with Gasteiger partial charge in [0.15, 0.2) is 0 Å². The monoisotopic (exact) mass is 248 g/mol. The number of piperidine rings is 1. The van der Waals surface area contributed by atoms with Crippen LogP contribution in [0.15, 0.2) is 0 Å². The molecule has 3 aliphatic carbocycles. The van der Waals surface area contributed by atoms with Crippen molar-refractivity contribution in [2.24, 2.45) is 11.8 Å². The Morgan fingerprint density at radius 3 is 2.28 bits per heavy atom. The standard InChI is InChI=1S/C16H28N2/c1-2-16(3-1)18-10-13(8-12-4-5-12)9-15(11-18)17-14-6-7-14/h12-17H,1-11H2. The van der Waals surface area contributed by atoms with Crippen molar-refractivity contribution in [2.45, 2.75) is 75.9 Å². The quantitative estimate of drug-likeness (QED) is 0.805. The molecule has 18 heavy (non-hydrogen) atoms. The molecule has 2 nitrogen and oxygen atoms in total. The van der Waals surface area contributed by atoms with Gasteiger partial charge in [0.1, 0.15) is 0 Å². The highest BCUT2D eigenvalue weighted by molar-refractivity contribution is 4.94. The molecule has 4 fully saturated rings. The van der Waals surface area contributed by atoms with E-state index in [1.807, 2.05) is 0 Å². The van der Waals surface area contributed by atoms with Crippen LogP contribution in [0.1, 0.15) is 57.8 Å². The van der Waals surface area contributed by atoms with E-state index in [9.17, 15) is 0 Å². The first-order valence-corrected chi connectivity index (χ1v) is 8.37. The molecule has 0 spiro atoms. The van der Waals surface area contributed by atoms with Crippen molar-refractivity contribution >= 4 is 0 Å². The molecule has 0 aromatic carbocycles. The molecule has 2 unspecified atom stereocenters. The lowest BCUT2D eigenvalue weighted by Crippen LogP contribution is -2.54. The first kappa shape index (κ1) is 11.7. The van der Waals surface area contributed by atoms with Gasteiger partial charge in [0.25, 0.3) is 0 Å². The molecule has 0 radical (unpaired) electrons. The van der Waals surface area contributed by atoms with Gasteiger partial charge in [-0.25, -0.2) is 0 Å². The van der Waals surface area contributed by atoms with Crippen LogP contribution in [0.3, 0.4) is 0 Å². The van der Waals surface area contributed by atoms with Crippen molar-refractivity contribution in [3.05, 3.63) is 0 Å². The van der Waals surface area contributed by atoms with Gasteiger partial charge in [0, 0.05) is 31.2 Å². The molecule has 4 rings (SSSR count). The highest BCUT2D eigenvalue weighted by Crippen LogP contribution is 2.39. The zero-order chi connectivity index (χ0) is 11.9. The highest BCUT2D eigenvalue weighted by atomic mass is 15.2. The Kier molecular flexibility index (Phi) is 3.12. The Hall–Kier alpha value is -0.0800. The van der Waals surface area contributed by atoms with Gasteiger partial charge >= 0.3 is 0 Å². The van der Waals surface area contributed by atoms with Gasteiger partial charge in [-0.15, -0.1) is 0 Å². The topological polar surface area (TPSA) is 15.3 Å². The number of nitrogens with zero attached hydrogens (tertiary/aromatic N) is 1. The molecule has 0 amide bonds. The van der Waals surface area contributed by atoms with Crippen LogP contribution in [0.4, 0.5) is 0 Å². The van der Waals surface area contributed by atoms with Gasteiger partial charge in [0.05, 0.1) is 0 Å². The second-order valence-corrected chi connectivity index (χ2v) is 7.46. The van der Waals surface area contributed by atoms with E-state index in [2.05, 4.69) is 10.2 Å². The number of hydrogen-bond donors (Lipinski definition) is 1. The van der Waals surface area contributed by atoms with E-state index >= 15 is 0 Å². The predicted molar refractivity (Wildman–Crippen MR) is 74.6 cm³/mol. The van der Waals surface area contributed by atoms with Gasteiger partial charge in [-0.1, -0.05) is 19.3 Å². The summed E-state index contributed by atoms with van der Waals surface area (Å²) in [6.45, 7) is 2.77. The average molecular weight is 248 g/mol. The zero-order valence-corrected chi connectivity index (χ0v) is 11.6. The van der Waals surface area contributed by atoms with Crippen molar-refractivity contribution < 1.29 is 0 Å². The van der Waals surface area contributed by atoms with Crippen molar-refractivity contribution in [1.29, 1.82) is 0 Å². The maximum Gasteiger partial charge on any atom is 0.0200 e. The Morgan fingerprint density at radius 1 is 0.833 bits per heavy atom. The van der Waals surface area contributed by atoms with Crippen LogP contribution >= 0.6 is 0 Å². The minimum Gasteiger partial charge on any atom is -0.310 e. The van der Waals surface area contributed by atoms with Crippen LogP contribution in [0.2, 0.25) is 0 Å². The predicted octanol–water partition coefficient (Wildman–Crippen LogP) is 2.78. The molecule has 1 aliphatic heterocycles. The minimum atomic E-state index is 0.815. The average Bonchev–Trinajstić information content (AvgIpc) is 3.10. The van der Waals surface area contributed by atoms with E-state index in [1.165, 1.54) is 70.9 Å². The second kappa shape index (κ2) is 4.79. The molecular weight excluding hydrogens is 220 g/mol. The largest absolute Gasteiger partial charge is 0.310 e. The Bertz CT molecular complexity index is 269. The van der Waals surface area contributed by atoms with Gasteiger partial charge in [-0.2, -0.15) is 0 Å². The summed E-state index contributed by atoms with van der Waals surface area (Å²) in [7, 11) is 0. The zero-order valence-electron chi connectivity index (χ0n) is 11.6. The molecule has 102 valence electrons. The van der Waals surface area contributed by atoms with Gasteiger partial charge in [0.2, 0.25) is 0 Å². The Labute approximate surface area is 111 Å². The summed E-state index contributed by atoms with van der Waals surface area (Å²) in [6.07, 6.45) is 13.4. The molecule has 4 aliphatic rings. The summed E-state index contributed by atoms with van der Waals surface area (Å²) in [5, 5.41) is 3.91. The van der Waals surface area contributed by atoms with Crippen molar-refractivity contribution in [2.75, 3.05) is 13.1 Å². The summed E-state index contributed by atoms with van der Waals surface area (Å²) in [5.41, 5.74) is 0. The van der Waals surface area contributed by atoms with E-state index in [4.69, 9.17) is 0 Å². The van der Waals surface area contributed by atoms with Crippen LogP contribution in [-0.4, -0.2) is 36.1 Å². The van der Waals surface area contributed by atoms with Gasteiger partial charge in [-0.3, -0.25) is 4.90 Å². The minimum absolute atomic E-state index is 0.815. The maximum atomic E-state index is 3.91. The highest BCUT2D eigenvalue weighted by Gasteiger charge is 2.37. The summed E-state index contributed by atoms with van der Waals surface area (Å²) in [6, 6.07) is 2.66.